The standard InChI is InChI=1S/C16H18ClN3O3S2/c1-11(16(21)19-13-6-4-12(17)5-7-13)24-15-9-8-14(10-18-15)25(22,23)20(2)3/h4-11H,1-3H3,(H,19,21)/t11-/m1/s1. The zero-order valence-electron chi connectivity index (χ0n) is 13.9. The van der Waals surface area contributed by atoms with Crippen LogP contribution in [0, 0.1) is 0 Å². The molecule has 1 aromatic carbocycles. The molecule has 25 heavy (non-hydrogen) atoms. The molecule has 0 saturated heterocycles. The third kappa shape index (κ3) is 5.18. The van der Waals surface area contributed by atoms with Crippen LogP contribution in [0.3, 0.4) is 0 Å². The first-order chi connectivity index (χ1) is 11.7. The second-order valence-corrected chi connectivity index (χ2v) is 9.33. The average Bonchev–Trinajstić information content (AvgIpc) is 2.57. The second kappa shape index (κ2) is 8.18. The number of rotatable bonds is 6. The highest BCUT2D eigenvalue weighted by atomic mass is 35.5. The number of hydrogen-bond acceptors (Lipinski definition) is 5. The van der Waals surface area contributed by atoms with Crippen LogP contribution in [0.15, 0.2) is 52.5 Å². The van der Waals surface area contributed by atoms with Gasteiger partial charge in [0.05, 0.1) is 10.3 Å². The number of halogens is 1. The normalized spacial score (nSPS) is 12.8. The van der Waals surface area contributed by atoms with Crippen molar-refractivity contribution in [1.29, 1.82) is 0 Å². The van der Waals surface area contributed by atoms with Crippen LogP contribution in [0.25, 0.3) is 0 Å². The van der Waals surface area contributed by atoms with Crippen molar-refractivity contribution in [3.63, 3.8) is 0 Å². The summed E-state index contributed by atoms with van der Waals surface area (Å²) in [4.78, 5) is 16.5. The van der Waals surface area contributed by atoms with E-state index in [4.69, 9.17) is 11.6 Å². The quantitative estimate of drug-likeness (QED) is 0.755. The zero-order chi connectivity index (χ0) is 18.6. The molecule has 0 unspecified atom stereocenters. The molecule has 0 fully saturated rings. The second-order valence-electron chi connectivity index (χ2n) is 5.38. The van der Waals surface area contributed by atoms with Crippen molar-refractivity contribution in [1.82, 2.24) is 9.29 Å². The Labute approximate surface area is 156 Å². The van der Waals surface area contributed by atoms with E-state index in [1.54, 1.807) is 37.3 Å². The van der Waals surface area contributed by atoms with Crippen molar-refractivity contribution in [2.75, 3.05) is 19.4 Å². The molecule has 0 aliphatic carbocycles. The Morgan fingerprint density at radius 1 is 1.20 bits per heavy atom. The van der Waals surface area contributed by atoms with Gasteiger partial charge in [0.15, 0.2) is 0 Å². The number of amides is 1. The average molecular weight is 400 g/mol. The Morgan fingerprint density at radius 2 is 1.84 bits per heavy atom. The fraction of sp³-hybridized carbons (Fsp3) is 0.250. The van der Waals surface area contributed by atoms with Gasteiger partial charge in [-0.3, -0.25) is 4.79 Å². The molecule has 2 aromatic rings. The predicted molar refractivity (Wildman–Crippen MR) is 101 cm³/mol. The first kappa shape index (κ1) is 19.7. The van der Waals surface area contributed by atoms with Crippen molar-refractivity contribution in [3.8, 4) is 0 Å². The number of anilines is 1. The summed E-state index contributed by atoms with van der Waals surface area (Å²) in [5.74, 6) is -0.181. The molecule has 1 amide bonds. The Bertz CT molecular complexity index is 838. The van der Waals surface area contributed by atoms with E-state index < -0.39 is 15.3 Å². The molecule has 2 rings (SSSR count). The summed E-state index contributed by atoms with van der Waals surface area (Å²) in [5.41, 5.74) is 0.655. The van der Waals surface area contributed by atoms with E-state index >= 15 is 0 Å². The highest BCUT2D eigenvalue weighted by Gasteiger charge is 2.19. The van der Waals surface area contributed by atoms with E-state index in [-0.39, 0.29) is 10.8 Å². The summed E-state index contributed by atoms with van der Waals surface area (Å²) in [6.45, 7) is 1.75. The molecule has 1 aromatic heterocycles. The van der Waals surface area contributed by atoms with Gasteiger partial charge in [0.25, 0.3) is 0 Å². The summed E-state index contributed by atoms with van der Waals surface area (Å²) in [6.07, 6.45) is 1.29. The van der Waals surface area contributed by atoms with E-state index in [9.17, 15) is 13.2 Å². The molecule has 6 nitrogen and oxygen atoms in total. The molecule has 0 saturated carbocycles. The van der Waals surface area contributed by atoms with Crippen molar-refractivity contribution >= 4 is 45.0 Å². The molecular formula is C16H18ClN3O3S2. The number of pyridine rings is 1. The van der Waals surface area contributed by atoms with Gasteiger partial charge in [0.1, 0.15) is 4.90 Å². The van der Waals surface area contributed by atoms with Crippen LogP contribution in [0.2, 0.25) is 5.02 Å². The maximum atomic E-state index is 12.2. The maximum absolute atomic E-state index is 12.2. The van der Waals surface area contributed by atoms with Crippen LogP contribution in [-0.4, -0.2) is 43.0 Å². The minimum Gasteiger partial charge on any atom is -0.325 e. The van der Waals surface area contributed by atoms with E-state index in [0.717, 1.165) is 4.31 Å². The molecule has 0 aliphatic rings. The number of aromatic nitrogens is 1. The van der Waals surface area contributed by atoms with Crippen LogP contribution >= 0.6 is 23.4 Å². The smallest absolute Gasteiger partial charge is 0.244 e. The summed E-state index contributed by atoms with van der Waals surface area (Å²) in [7, 11) is -0.592. The first-order valence-electron chi connectivity index (χ1n) is 7.32. The highest BCUT2D eigenvalue weighted by molar-refractivity contribution is 8.00. The number of thioether (sulfide) groups is 1. The lowest BCUT2D eigenvalue weighted by Gasteiger charge is -2.13. The minimum absolute atomic E-state index is 0.111. The Hall–Kier alpha value is -1.61. The molecule has 1 N–H and O–H groups in total. The van der Waals surface area contributed by atoms with E-state index in [2.05, 4.69) is 10.3 Å². The number of nitrogens with one attached hydrogen (secondary N) is 1. The van der Waals surface area contributed by atoms with Gasteiger partial charge < -0.3 is 5.32 Å². The van der Waals surface area contributed by atoms with Crippen LogP contribution in [-0.2, 0) is 14.8 Å². The third-order valence-electron chi connectivity index (χ3n) is 3.27. The van der Waals surface area contributed by atoms with Crippen molar-refractivity contribution in [3.05, 3.63) is 47.6 Å². The molecule has 0 bridgehead atoms. The summed E-state index contributed by atoms with van der Waals surface area (Å²) < 4.78 is 25.1. The lowest BCUT2D eigenvalue weighted by Crippen LogP contribution is -2.23. The first-order valence-corrected chi connectivity index (χ1v) is 10.0. The Kier molecular flexibility index (Phi) is 6.45. The Balaban J connectivity index is 2.01. The maximum Gasteiger partial charge on any atom is 0.244 e. The van der Waals surface area contributed by atoms with E-state index in [1.807, 2.05) is 0 Å². The third-order valence-corrected chi connectivity index (χ3v) is 6.37. The van der Waals surface area contributed by atoms with E-state index in [1.165, 1.54) is 38.1 Å². The van der Waals surface area contributed by atoms with Crippen molar-refractivity contribution in [2.45, 2.75) is 22.1 Å². The van der Waals surface area contributed by atoms with Gasteiger partial charge in [0.2, 0.25) is 15.9 Å². The molecule has 1 atom stereocenters. The van der Waals surface area contributed by atoms with Crippen LogP contribution in [0.4, 0.5) is 5.69 Å². The fourth-order valence-electron chi connectivity index (χ4n) is 1.81. The fourth-order valence-corrected chi connectivity index (χ4v) is 3.57. The van der Waals surface area contributed by atoms with Gasteiger partial charge in [-0.2, -0.15) is 0 Å². The summed E-state index contributed by atoms with van der Waals surface area (Å²) >= 11 is 7.06. The van der Waals surface area contributed by atoms with Gasteiger partial charge in [-0.25, -0.2) is 17.7 Å². The molecule has 0 spiro atoms. The van der Waals surface area contributed by atoms with Gasteiger partial charge >= 0.3 is 0 Å². The van der Waals surface area contributed by atoms with Crippen LogP contribution in [0.5, 0.6) is 0 Å². The Morgan fingerprint density at radius 3 is 2.36 bits per heavy atom. The summed E-state index contributed by atoms with van der Waals surface area (Å²) in [6, 6.07) is 9.90. The SMILES string of the molecule is C[C@@H](Sc1ccc(S(=O)(=O)N(C)C)cn1)C(=O)Nc1ccc(Cl)cc1. The highest BCUT2D eigenvalue weighted by Crippen LogP contribution is 2.24. The number of carbonyl (C=O) groups excluding carboxylic acids is 1. The minimum atomic E-state index is -3.51. The lowest BCUT2D eigenvalue weighted by molar-refractivity contribution is -0.115. The van der Waals surface area contributed by atoms with Gasteiger partial charge in [-0.1, -0.05) is 23.4 Å². The van der Waals surface area contributed by atoms with Crippen LogP contribution < -0.4 is 5.32 Å². The largest absolute Gasteiger partial charge is 0.325 e. The number of benzene rings is 1. The molecular weight excluding hydrogens is 382 g/mol. The molecule has 134 valence electrons. The van der Waals surface area contributed by atoms with E-state index in [0.29, 0.717) is 15.7 Å². The number of hydrogen-bond donors (Lipinski definition) is 1. The van der Waals surface area contributed by atoms with Gasteiger partial charge in [-0.15, -0.1) is 0 Å². The topological polar surface area (TPSA) is 79.4 Å². The number of carbonyl (C=O) groups is 1. The number of sulfonamides is 1. The monoisotopic (exact) mass is 399 g/mol. The zero-order valence-corrected chi connectivity index (χ0v) is 16.3. The van der Waals surface area contributed by atoms with Crippen molar-refractivity contribution in [2.24, 2.45) is 0 Å². The molecule has 9 heteroatoms. The molecule has 0 aliphatic heterocycles. The van der Waals surface area contributed by atoms with Crippen LogP contribution in [0.1, 0.15) is 6.92 Å². The summed E-state index contributed by atoms with van der Waals surface area (Å²) in [5, 5.41) is 3.55. The number of nitrogens with zero attached hydrogens (tertiary/aromatic N) is 2. The van der Waals surface area contributed by atoms with Gasteiger partial charge in [0, 0.05) is 31.0 Å². The predicted octanol–water partition coefficient (Wildman–Crippen LogP) is 3.10. The van der Waals surface area contributed by atoms with Crippen molar-refractivity contribution < 1.29 is 13.2 Å². The molecule has 1 heterocycles. The molecule has 0 radical (unpaired) electrons. The lowest BCUT2D eigenvalue weighted by atomic mass is 10.3. The van der Waals surface area contributed by atoms with Gasteiger partial charge in [-0.05, 0) is 43.3 Å².